The molecule has 1 atom stereocenters. The van der Waals surface area contributed by atoms with Crippen LogP contribution in [0, 0.1) is 0 Å². The summed E-state index contributed by atoms with van der Waals surface area (Å²) in [7, 11) is 0. The van der Waals surface area contributed by atoms with Gasteiger partial charge in [-0.1, -0.05) is 52.7 Å². The number of hydrogen-bond donors (Lipinski definition) is 0. The van der Waals surface area contributed by atoms with Gasteiger partial charge in [-0.25, -0.2) is 0 Å². The Morgan fingerprint density at radius 3 is 2.48 bits per heavy atom. The van der Waals surface area contributed by atoms with Crippen LogP contribution in [0.2, 0.25) is 5.02 Å². The number of benzene rings is 2. The minimum absolute atomic E-state index is 0.259. The zero-order valence-electron chi connectivity index (χ0n) is 11.8. The molecule has 0 aliphatic heterocycles. The van der Waals surface area contributed by atoms with Gasteiger partial charge in [0, 0.05) is 9.85 Å². The summed E-state index contributed by atoms with van der Waals surface area (Å²) in [6, 6.07) is 14.2. The maximum Gasteiger partial charge on any atom is 0.133 e. The van der Waals surface area contributed by atoms with Crippen molar-refractivity contribution < 1.29 is 4.74 Å². The van der Waals surface area contributed by atoms with Gasteiger partial charge in [0.2, 0.25) is 0 Å². The Kier molecular flexibility index (Phi) is 6.59. The van der Waals surface area contributed by atoms with E-state index in [4.69, 9.17) is 16.3 Å². The van der Waals surface area contributed by atoms with Crippen molar-refractivity contribution in [1.82, 2.24) is 0 Å². The van der Waals surface area contributed by atoms with E-state index in [-0.39, 0.29) is 4.83 Å². The molecule has 0 saturated carbocycles. The average Bonchev–Trinajstić information content (AvgIpc) is 2.48. The van der Waals surface area contributed by atoms with Crippen LogP contribution in [0.4, 0.5) is 0 Å². The van der Waals surface area contributed by atoms with Crippen molar-refractivity contribution in [1.29, 1.82) is 0 Å². The number of rotatable bonds is 6. The lowest BCUT2D eigenvalue weighted by Gasteiger charge is -2.13. The zero-order valence-corrected chi connectivity index (χ0v) is 15.7. The predicted molar refractivity (Wildman–Crippen MR) is 96.8 cm³/mol. The van der Waals surface area contributed by atoms with Crippen LogP contribution in [-0.2, 0) is 6.42 Å². The minimum Gasteiger partial charge on any atom is -0.492 e. The highest BCUT2D eigenvalue weighted by molar-refractivity contribution is 9.10. The molecule has 1 nitrogen and oxygen atoms in total. The highest BCUT2D eigenvalue weighted by Crippen LogP contribution is 2.33. The van der Waals surface area contributed by atoms with Crippen LogP contribution in [0.25, 0.3) is 0 Å². The first kappa shape index (κ1) is 16.9. The fraction of sp³-hybridized carbons (Fsp3) is 0.294. The van der Waals surface area contributed by atoms with Crippen molar-refractivity contribution in [3.05, 3.63) is 63.1 Å². The van der Waals surface area contributed by atoms with Crippen molar-refractivity contribution >= 4 is 43.5 Å². The monoisotopic (exact) mass is 430 g/mol. The van der Waals surface area contributed by atoms with Crippen LogP contribution in [0.5, 0.6) is 5.75 Å². The fourth-order valence-corrected chi connectivity index (χ4v) is 3.28. The third-order valence-corrected chi connectivity index (χ3v) is 4.83. The number of hydrogen-bond acceptors (Lipinski definition) is 1. The van der Waals surface area contributed by atoms with Crippen LogP contribution in [0.15, 0.2) is 46.9 Å². The van der Waals surface area contributed by atoms with Crippen LogP contribution >= 0.6 is 43.5 Å². The van der Waals surface area contributed by atoms with Crippen LogP contribution < -0.4 is 4.74 Å². The summed E-state index contributed by atoms with van der Waals surface area (Å²) in [5.74, 6) is 0.895. The lowest BCUT2D eigenvalue weighted by atomic mass is 10.0. The van der Waals surface area contributed by atoms with E-state index in [1.54, 1.807) is 0 Å². The Bertz CT molecular complexity index is 584. The second kappa shape index (κ2) is 8.21. The normalized spacial score (nSPS) is 12.2. The first-order valence-electron chi connectivity index (χ1n) is 6.91. The Balaban J connectivity index is 2.06. The van der Waals surface area contributed by atoms with Gasteiger partial charge in [0.25, 0.3) is 0 Å². The molecule has 0 fully saturated rings. The molecular formula is C17H17Br2ClO. The maximum absolute atomic E-state index is 5.91. The molecule has 0 aromatic heterocycles. The summed E-state index contributed by atoms with van der Waals surface area (Å²) in [4.78, 5) is 0.259. The topological polar surface area (TPSA) is 9.23 Å². The third kappa shape index (κ3) is 5.01. The summed E-state index contributed by atoms with van der Waals surface area (Å²) < 4.78 is 6.67. The van der Waals surface area contributed by atoms with Crippen LogP contribution in [-0.4, -0.2) is 6.61 Å². The zero-order chi connectivity index (χ0) is 15.2. The molecule has 0 heterocycles. The van der Waals surface area contributed by atoms with E-state index in [9.17, 15) is 0 Å². The Morgan fingerprint density at radius 2 is 1.86 bits per heavy atom. The molecular weight excluding hydrogens is 415 g/mol. The van der Waals surface area contributed by atoms with Gasteiger partial charge in [-0.15, -0.1) is 0 Å². The minimum atomic E-state index is 0.259. The van der Waals surface area contributed by atoms with Crippen molar-refractivity contribution in [2.45, 2.75) is 24.6 Å². The molecule has 21 heavy (non-hydrogen) atoms. The van der Waals surface area contributed by atoms with Gasteiger partial charge in [0.1, 0.15) is 5.75 Å². The highest BCUT2D eigenvalue weighted by Gasteiger charge is 2.11. The molecule has 4 heteroatoms. The average molecular weight is 433 g/mol. The largest absolute Gasteiger partial charge is 0.492 e. The van der Waals surface area contributed by atoms with Gasteiger partial charge in [0.05, 0.1) is 11.1 Å². The highest BCUT2D eigenvalue weighted by atomic mass is 79.9. The molecule has 112 valence electrons. The number of halogens is 3. The molecule has 0 N–H and O–H groups in total. The van der Waals surface area contributed by atoms with Gasteiger partial charge in [-0.05, 0) is 64.2 Å². The lowest BCUT2D eigenvalue weighted by molar-refractivity contribution is 0.315. The van der Waals surface area contributed by atoms with E-state index in [0.717, 1.165) is 34.7 Å². The van der Waals surface area contributed by atoms with Gasteiger partial charge in [0.15, 0.2) is 0 Å². The Hall–Kier alpha value is -0.510. The molecule has 2 aromatic carbocycles. The fourth-order valence-electron chi connectivity index (χ4n) is 1.99. The van der Waals surface area contributed by atoms with E-state index in [0.29, 0.717) is 0 Å². The predicted octanol–water partition coefficient (Wildman–Crippen LogP) is 6.57. The van der Waals surface area contributed by atoms with Crippen LogP contribution in [0.1, 0.15) is 29.3 Å². The maximum atomic E-state index is 5.91. The van der Waals surface area contributed by atoms with E-state index in [1.165, 1.54) is 11.1 Å². The second-order valence-corrected chi connectivity index (χ2v) is 7.23. The molecule has 0 aliphatic carbocycles. The van der Waals surface area contributed by atoms with Gasteiger partial charge in [-0.3, -0.25) is 0 Å². The standard InChI is InChI=1S/C17H17Br2ClO/c1-2-9-21-17-8-5-13(11-16(17)19)15(18)10-12-3-6-14(20)7-4-12/h3-8,11,15H,2,9-10H2,1H3. The van der Waals surface area contributed by atoms with E-state index in [2.05, 4.69) is 63.0 Å². The smallest absolute Gasteiger partial charge is 0.133 e. The number of alkyl halides is 1. The lowest BCUT2D eigenvalue weighted by Crippen LogP contribution is -1.98. The molecule has 0 aliphatic rings. The molecule has 0 spiro atoms. The summed E-state index contributed by atoms with van der Waals surface area (Å²) in [5.41, 5.74) is 2.48. The summed E-state index contributed by atoms with van der Waals surface area (Å²) in [5, 5.41) is 0.769. The molecule has 2 aromatic rings. The van der Waals surface area contributed by atoms with Crippen molar-refractivity contribution in [3.63, 3.8) is 0 Å². The first-order valence-corrected chi connectivity index (χ1v) is 8.99. The molecule has 2 rings (SSSR count). The molecule has 0 amide bonds. The molecule has 0 radical (unpaired) electrons. The molecule has 0 bridgehead atoms. The first-order chi connectivity index (χ1) is 10.1. The second-order valence-electron chi connectivity index (χ2n) is 4.84. The van der Waals surface area contributed by atoms with Gasteiger partial charge in [-0.2, -0.15) is 0 Å². The Morgan fingerprint density at radius 1 is 1.14 bits per heavy atom. The Labute approximate surface area is 147 Å². The van der Waals surface area contributed by atoms with Gasteiger partial charge < -0.3 is 4.74 Å². The number of ether oxygens (including phenoxy) is 1. The third-order valence-electron chi connectivity index (χ3n) is 3.11. The summed E-state index contributed by atoms with van der Waals surface area (Å²) in [6.07, 6.45) is 1.92. The van der Waals surface area contributed by atoms with Crippen LogP contribution in [0.3, 0.4) is 0 Å². The van der Waals surface area contributed by atoms with E-state index >= 15 is 0 Å². The van der Waals surface area contributed by atoms with Gasteiger partial charge >= 0.3 is 0 Å². The summed E-state index contributed by atoms with van der Waals surface area (Å²) >= 11 is 13.2. The molecule has 1 unspecified atom stereocenters. The van der Waals surface area contributed by atoms with E-state index in [1.807, 2.05) is 18.2 Å². The van der Waals surface area contributed by atoms with Crippen molar-refractivity contribution in [2.24, 2.45) is 0 Å². The van der Waals surface area contributed by atoms with E-state index < -0.39 is 0 Å². The quantitative estimate of drug-likeness (QED) is 0.469. The molecule has 0 saturated heterocycles. The van der Waals surface area contributed by atoms with Crippen molar-refractivity contribution in [2.75, 3.05) is 6.61 Å². The van der Waals surface area contributed by atoms with Crippen molar-refractivity contribution in [3.8, 4) is 5.75 Å². The SMILES string of the molecule is CCCOc1ccc(C(Br)Cc2ccc(Cl)cc2)cc1Br. The summed E-state index contributed by atoms with van der Waals surface area (Å²) in [6.45, 7) is 2.84.